The molecular formula is C16H25N3O3. The smallest absolute Gasteiger partial charge is 0.303 e. The number of nitrogens with one attached hydrogen (secondary N) is 1. The Morgan fingerprint density at radius 1 is 1.45 bits per heavy atom. The summed E-state index contributed by atoms with van der Waals surface area (Å²) in [5.74, 6) is -0.272. The van der Waals surface area contributed by atoms with Crippen molar-refractivity contribution in [3.63, 3.8) is 0 Å². The number of amides is 1. The molecule has 0 aliphatic carbocycles. The minimum atomic E-state index is -0.767. The van der Waals surface area contributed by atoms with Crippen molar-refractivity contribution in [2.45, 2.75) is 52.4 Å². The van der Waals surface area contributed by atoms with Gasteiger partial charge in [-0.15, -0.1) is 0 Å². The Morgan fingerprint density at radius 3 is 2.82 bits per heavy atom. The van der Waals surface area contributed by atoms with Crippen LogP contribution in [-0.2, 0) is 4.79 Å². The molecule has 22 heavy (non-hydrogen) atoms. The number of carbonyl (C=O) groups is 2. The molecule has 0 spiro atoms. The van der Waals surface area contributed by atoms with E-state index in [1.54, 1.807) is 0 Å². The molecule has 6 nitrogen and oxygen atoms in total. The van der Waals surface area contributed by atoms with E-state index < -0.39 is 5.97 Å². The van der Waals surface area contributed by atoms with Gasteiger partial charge in [0, 0.05) is 25.2 Å². The lowest BCUT2D eigenvalue weighted by Crippen LogP contribution is -2.40. The normalized spacial score (nSPS) is 18.7. The van der Waals surface area contributed by atoms with E-state index in [-0.39, 0.29) is 24.2 Å². The molecule has 1 aliphatic heterocycles. The molecule has 6 heteroatoms. The number of rotatable bonds is 5. The largest absolute Gasteiger partial charge is 0.481 e. The van der Waals surface area contributed by atoms with Crippen LogP contribution >= 0.6 is 0 Å². The van der Waals surface area contributed by atoms with Crippen molar-refractivity contribution < 1.29 is 14.7 Å². The van der Waals surface area contributed by atoms with Gasteiger partial charge < -0.3 is 10.0 Å². The summed E-state index contributed by atoms with van der Waals surface area (Å²) in [6.07, 6.45) is 2.75. The van der Waals surface area contributed by atoms with Crippen molar-refractivity contribution in [1.82, 2.24) is 15.1 Å². The van der Waals surface area contributed by atoms with E-state index in [1.165, 1.54) is 0 Å². The quantitative estimate of drug-likeness (QED) is 0.875. The number of aliphatic carboxylic acids is 1. The number of piperidine rings is 1. The molecule has 1 fully saturated rings. The van der Waals surface area contributed by atoms with E-state index in [9.17, 15) is 9.59 Å². The minimum absolute atomic E-state index is 0.0231. The molecule has 1 atom stereocenters. The first-order chi connectivity index (χ1) is 10.4. The molecule has 122 valence electrons. The number of aromatic amines is 1. The Bertz CT molecular complexity index is 551. The lowest BCUT2D eigenvalue weighted by Gasteiger charge is -2.33. The summed E-state index contributed by atoms with van der Waals surface area (Å²) in [4.78, 5) is 25.4. The summed E-state index contributed by atoms with van der Waals surface area (Å²) in [7, 11) is 0. The Kier molecular flexibility index (Phi) is 5.21. The zero-order chi connectivity index (χ0) is 16.3. The molecule has 2 heterocycles. The molecule has 0 aromatic carbocycles. The van der Waals surface area contributed by atoms with Crippen molar-refractivity contribution in [2.75, 3.05) is 13.1 Å². The topological polar surface area (TPSA) is 86.3 Å². The summed E-state index contributed by atoms with van der Waals surface area (Å²) < 4.78 is 0. The van der Waals surface area contributed by atoms with Gasteiger partial charge in [0.1, 0.15) is 0 Å². The maximum Gasteiger partial charge on any atom is 0.303 e. The number of hydrogen-bond donors (Lipinski definition) is 2. The highest BCUT2D eigenvalue weighted by molar-refractivity contribution is 5.96. The van der Waals surface area contributed by atoms with Crippen molar-refractivity contribution in [3.05, 3.63) is 17.0 Å². The number of H-pyrrole nitrogens is 1. The van der Waals surface area contributed by atoms with Crippen LogP contribution in [0.25, 0.3) is 0 Å². The second-order valence-electron chi connectivity index (χ2n) is 6.46. The van der Waals surface area contributed by atoms with E-state index in [0.717, 1.165) is 30.8 Å². The molecule has 2 rings (SSSR count). The van der Waals surface area contributed by atoms with Gasteiger partial charge in [-0.25, -0.2) is 0 Å². The second-order valence-corrected chi connectivity index (χ2v) is 6.46. The molecule has 2 N–H and O–H groups in total. The minimum Gasteiger partial charge on any atom is -0.481 e. The predicted octanol–water partition coefficient (Wildman–Crippen LogP) is 2.56. The van der Waals surface area contributed by atoms with E-state index in [0.29, 0.717) is 18.5 Å². The first kappa shape index (κ1) is 16.5. The summed E-state index contributed by atoms with van der Waals surface area (Å²) in [6.45, 7) is 7.31. The van der Waals surface area contributed by atoms with Gasteiger partial charge in [0.05, 0.1) is 11.3 Å². The Balaban J connectivity index is 2.09. The molecular weight excluding hydrogens is 282 g/mol. The van der Waals surface area contributed by atoms with Crippen molar-refractivity contribution in [3.8, 4) is 0 Å². The molecule has 1 aliphatic rings. The summed E-state index contributed by atoms with van der Waals surface area (Å²) in [5, 5.41) is 16.0. The molecule has 1 amide bonds. The zero-order valence-electron chi connectivity index (χ0n) is 13.6. The van der Waals surface area contributed by atoms with Crippen LogP contribution in [0.3, 0.4) is 0 Å². The Morgan fingerprint density at radius 2 is 2.18 bits per heavy atom. The van der Waals surface area contributed by atoms with Gasteiger partial charge in [-0.3, -0.25) is 14.7 Å². The molecule has 1 saturated heterocycles. The fourth-order valence-electron chi connectivity index (χ4n) is 3.11. The molecule has 0 radical (unpaired) electrons. The highest BCUT2D eigenvalue weighted by atomic mass is 16.4. The van der Waals surface area contributed by atoms with Crippen molar-refractivity contribution >= 4 is 11.9 Å². The van der Waals surface area contributed by atoms with Gasteiger partial charge in [0.15, 0.2) is 0 Å². The summed E-state index contributed by atoms with van der Waals surface area (Å²) in [6, 6.07) is 0. The van der Waals surface area contributed by atoms with Crippen molar-refractivity contribution in [1.29, 1.82) is 0 Å². The van der Waals surface area contributed by atoms with Crippen LogP contribution in [0.2, 0.25) is 0 Å². The van der Waals surface area contributed by atoms with Gasteiger partial charge in [-0.2, -0.15) is 5.10 Å². The second kappa shape index (κ2) is 6.94. The monoisotopic (exact) mass is 307 g/mol. The van der Waals surface area contributed by atoms with E-state index >= 15 is 0 Å². The number of carbonyl (C=O) groups excluding carboxylic acids is 1. The van der Waals surface area contributed by atoms with Crippen LogP contribution in [0.1, 0.15) is 67.2 Å². The maximum atomic E-state index is 12.8. The van der Waals surface area contributed by atoms with E-state index in [1.807, 2.05) is 25.7 Å². The molecule has 1 aromatic rings. The van der Waals surface area contributed by atoms with E-state index in [2.05, 4.69) is 10.2 Å². The number of carboxylic acid groups (broad SMARTS) is 1. The van der Waals surface area contributed by atoms with Crippen LogP contribution in [0, 0.1) is 12.8 Å². The first-order valence-electron chi connectivity index (χ1n) is 7.96. The van der Waals surface area contributed by atoms with E-state index in [4.69, 9.17) is 5.11 Å². The number of aromatic nitrogens is 2. The van der Waals surface area contributed by atoms with Crippen molar-refractivity contribution in [2.24, 2.45) is 5.92 Å². The Hall–Kier alpha value is -1.85. The lowest BCUT2D eigenvalue weighted by atomic mass is 9.92. The van der Waals surface area contributed by atoms with Crippen LogP contribution in [0.5, 0.6) is 0 Å². The summed E-state index contributed by atoms with van der Waals surface area (Å²) in [5.41, 5.74) is 2.31. The van der Waals surface area contributed by atoms with Crippen LogP contribution in [0.15, 0.2) is 0 Å². The Labute approximate surface area is 130 Å². The van der Waals surface area contributed by atoms with Gasteiger partial charge in [-0.1, -0.05) is 13.8 Å². The van der Waals surface area contributed by atoms with Gasteiger partial charge in [0.2, 0.25) is 0 Å². The highest BCUT2D eigenvalue weighted by Crippen LogP contribution is 2.26. The maximum absolute atomic E-state index is 12.8. The first-order valence-corrected chi connectivity index (χ1v) is 7.96. The van der Waals surface area contributed by atoms with Crippen LogP contribution in [-0.4, -0.2) is 45.2 Å². The zero-order valence-corrected chi connectivity index (χ0v) is 13.6. The summed E-state index contributed by atoms with van der Waals surface area (Å²) >= 11 is 0. The molecule has 0 saturated carbocycles. The average Bonchev–Trinajstić information content (AvgIpc) is 2.86. The van der Waals surface area contributed by atoms with Gasteiger partial charge in [0.25, 0.3) is 5.91 Å². The number of likely N-dealkylation sites (tertiary alicyclic amines) is 1. The van der Waals surface area contributed by atoms with Crippen LogP contribution < -0.4 is 0 Å². The molecule has 1 unspecified atom stereocenters. The lowest BCUT2D eigenvalue weighted by molar-refractivity contribution is -0.137. The molecule has 1 aromatic heterocycles. The SMILES string of the molecule is Cc1[nH]nc(C(C)C)c1C(=O)N1CCCC(CCC(=O)O)C1. The third kappa shape index (κ3) is 3.67. The highest BCUT2D eigenvalue weighted by Gasteiger charge is 2.29. The number of hydrogen-bond acceptors (Lipinski definition) is 3. The number of aryl methyl sites for hydroxylation is 1. The van der Waals surface area contributed by atoms with Gasteiger partial charge >= 0.3 is 5.97 Å². The van der Waals surface area contributed by atoms with Gasteiger partial charge in [-0.05, 0) is 38.0 Å². The number of nitrogens with zero attached hydrogens (tertiary/aromatic N) is 2. The third-order valence-corrected chi connectivity index (χ3v) is 4.31. The average molecular weight is 307 g/mol. The molecule has 0 bridgehead atoms. The predicted molar refractivity (Wildman–Crippen MR) is 82.9 cm³/mol. The number of carboxylic acids is 1. The fraction of sp³-hybridized carbons (Fsp3) is 0.688. The third-order valence-electron chi connectivity index (χ3n) is 4.31. The fourth-order valence-corrected chi connectivity index (χ4v) is 3.11. The standard InChI is InChI=1S/C16H25N3O3/c1-10(2)15-14(11(3)17-18-15)16(22)19-8-4-5-12(9-19)6-7-13(20)21/h10,12H,4-9H2,1-3H3,(H,17,18)(H,20,21). The van der Waals surface area contributed by atoms with Crippen LogP contribution in [0.4, 0.5) is 0 Å².